The van der Waals surface area contributed by atoms with Crippen LogP contribution in [0.2, 0.25) is 0 Å². The Morgan fingerprint density at radius 1 is 1.30 bits per heavy atom. The van der Waals surface area contributed by atoms with Gasteiger partial charge in [0.05, 0.1) is 22.2 Å². The minimum absolute atomic E-state index is 0.0197. The Hall–Kier alpha value is -3.48. The number of benzene rings is 2. The fraction of sp³-hybridized carbons (Fsp3) is 0.227. The molecule has 0 amide bonds. The van der Waals surface area contributed by atoms with Gasteiger partial charge in [-0.2, -0.15) is 0 Å². The van der Waals surface area contributed by atoms with Crippen LogP contribution in [0.25, 0.3) is 6.08 Å². The normalized spacial score (nSPS) is 14.0. The first-order valence-corrected chi connectivity index (χ1v) is 10.7. The van der Waals surface area contributed by atoms with Gasteiger partial charge in [0.2, 0.25) is 5.90 Å². The van der Waals surface area contributed by atoms with Crippen molar-refractivity contribution in [1.29, 1.82) is 0 Å². The molecule has 1 heterocycles. The molecule has 1 aliphatic heterocycles. The van der Waals surface area contributed by atoms with Gasteiger partial charge in [0, 0.05) is 17.2 Å². The number of rotatable bonds is 8. The lowest BCUT2D eigenvalue weighted by atomic mass is 10.1. The first kappa shape index (κ1) is 24.2. The number of nitrogens with zero attached hydrogens (tertiary/aromatic N) is 2. The van der Waals surface area contributed by atoms with Crippen molar-refractivity contribution in [2.24, 2.45) is 4.99 Å². The largest absolute Gasteiger partial charge is 0.493 e. The van der Waals surface area contributed by atoms with Gasteiger partial charge >= 0.3 is 11.9 Å². The number of carbonyl (C=O) groups is 2. The maximum atomic E-state index is 12.3. The Balaban J connectivity index is 1.89. The van der Waals surface area contributed by atoms with E-state index in [1.54, 1.807) is 38.1 Å². The number of hydrogen-bond donors (Lipinski definition) is 0. The molecule has 2 aromatic rings. The average molecular weight is 566 g/mol. The molecule has 10 nitrogen and oxygen atoms in total. The maximum absolute atomic E-state index is 12.3. The molecule has 0 atom stereocenters. The van der Waals surface area contributed by atoms with Gasteiger partial charge in [-0.15, -0.1) is 0 Å². The van der Waals surface area contributed by atoms with Gasteiger partial charge in [-0.3, -0.25) is 10.1 Å². The highest BCUT2D eigenvalue weighted by atomic mass is 127. The van der Waals surface area contributed by atoms with E-state index in [0.717, 1.165) is 0 Å². The highest BCUT2D eigenvalue weighted by Crippen LogP contribution is 2.35. The molecule has 0 bridgehead atoms. The number of esters is 2. The maximum Gasteiger partial charge on any atom is 0.363 e. The number of halogens is 1. The van der Waals surface area contributed by atoms with Crippen LogP contribution in [0, 0.1) is 20.6 Å². The van der Waals surface area contributed by atoms with Crippen molar-refractivity contribution in [2.75, 3.05) is 20.3 Å². The molecule has 0 saturated carbocycles. The lowest BCUT2D eigenvalue weighted by molar-refractivity contribution is -0.385. The summed E-state index contributed by atoms with van der Waals surface area (Å²) in [5.74, 6) is -0.509. The summed E-state index contributed by atoms with van der Waals surface area (Å²) >= 11 is 2.02. The van der Waals surface area contributed by atoms with E-state index in [0.29, 0.717) is 31.8 Å². The number of aliphatic imine (C=N–C) groups is 1. The number of ether oxygens (including phenoxy) is 4. The standard InChI is InChI=1S/C22H19IN2O8/c1-4-31-19(26)11-32-20-15(23)7-13(9-18(20)30-3)8-16-22(27)33-21(24-16)14-6-5-12(2)17(10-14)25(28)29/h5-10H,4,11H2,1-3H3/b16-8-. The Kier molecular flexibility index (Phi) is 7.63. The van der Waals surface area contributed by atoms with Crippen LogP contribution in [0.4, 0.5) is 5.69 Å². The molecule has 3 rings (SSSR count). The molecule has 2 aromatic carbocycles. The predicted molar refractivity (Wildman–Crippen MR) is 126 cm³/mol. The third kappa shape index (κ3) is 5.66. The van der Waals surface area contributed by atoms with E-state index < -0.39 is 16.9 Å². The van der Waals surface area contributed by atoms with Crippen molar-refractivity contribution in [2.45, 2.75) is 13.8 Å². The molecule has 1 aliphatic rings. The van der Waals surface area contributed by atoms with Crippen LogP contribution in [0.15, 0.2) is 41.0 Å². The van der Waals surface area contributed by atoms with Crippen LogP contribution in [0.5, 0.6) is 11.5 Å². The molecule has 0 N–H and O–H groups in total. The van der Waals surface area contributed by atoms with Crippen molar-refractivity contribution in [3.8, 4) is 11.5 Å². The molecule has 0 aromatic heterocycles. The molecule has 0 radical (unpaired) electrons. The number of nitro benzene ring substituents is 1. The van der Waals surface area contributed by atoms with E-state index >= 15 is 0 Å². The lowest BCUT2D eigenvalue weighted by Gasteiger charge is -2.13. The van der Waals surface area contributed by atoms with Crippen molar-refractivity contribution in [3.05, 3.63) is 66.4 Å². The second-order valence-corrected chi connectivity index (χ2v) is 7.88. The number of methoxy groups -OCH3 is 1. The fourth-order valence-corrected chi connectivity index (χ4v) is 3.71. The van der Waals surface area contributed by atoms with Gasteiger partial charge in [-0.1, -0.05) is 6.07 Å². The second-order valence-electron chi connectivity index (χ2n) is 6.72. The predicted octanol–water partition coefficient (Wildman–Crippen LogP) is 3.80. The summed E-state index contributed by atoms with van der Waals surface area (Å²) in [5, 5.41) is 11.2. The van der Waals surface area contributed by atoms with E-state index in [9.17, 15) is 19.7 Å². The van der Waals surface area contributed by atoms with Crippen LogP contribution in [0.3, 0.4) is 0 Å². The van der Waals surface area contributed by atoms with E-state index in [2.05, 4.69) is 4.99 Å². The Labute approximate surface area is 202 Å². The third-order valence-corrected chi connectivity index (χ3v) is 5.27. The highest BCUT2D eigenvalue weighted by molar-refractivity contribution is 14.1. The Morgan fingerprint density at radius 3 is 2.73 bits per heavy atom. The van der Waals surface area contributed by atoms with Crippen LogP contribution in [-0.2, 0) is 19.1 Å². The van der Waals surface area contributed by atoms with Crippen LogP contribution < -0.4 is 9.47 Å². The summed E-state index contributed by atoms with van der Waals surface area (Å²) in [6.45, 7) is 3.29. The van der Waals surface area contributed by atoms with E-state index in [4.69, 9.17) is 18.9 Å². The summed E-state index contributed by atoms with van der Waals surface area (Å²) in [4.78, 5) is 38.8. The number of carbonyl (C=O) groups excluding carboxylic acids is 2. The Bertz CT molecular complexity index is 1190. The molecule has 0 unspecified atom stereocenters. The molecule has 33 heavy (non-hydrogen) atoms. The number of nitro groups is 1. The summed E-state index contributed by atoms with van der Waals surface area (Å²) in [6, 6.07) is 7.81. The fourth-order valence-electron chi connectivity index (χ4n) is 2.93. The van der Waals surface area contributed by atoms with E-state index in [1.807, 2.05) is 22.6 Å². The second kappa shape index (κ2) is 10.4. The molecule has 0 fully saturated rings. The number of cyclic esters (lactones) is 1. The summed E-state index contributed by atoms with van der Waals surface area (Å²) in [7, 11) is 1.45. The zero-order valence-electron chi connectivity index (χ0n) is 17.9. The monoisotopic (exact) mass is 566 g/mol. The molecule has 11 heteroatoms. The van der Waals surface area contributed by atoms with E-state index in [-0.39, 0.29) is 30.5 Å². The van der Waals surface area contributed by atoms with Gasteiger partial charge in [-0.25, -0.2) is 14.6 Å². The van der Waals surface area contributed by atoms with Crippen LogP contribution in [0.1, 0.15) is 23.6 Å². The van der Waals surface area contributed by atoms with Gasteiger partial charge in [-0.05, 0) is 66.3 Å². The van der Waals surface area contributed by atoms with Crippen molar-refractivity contribution in [1.82, 2.24) is 0 Å². The third-order valence-electron chi connectivity index (χ3n) is 4.47. The molecular weight excluding hydrogens is 547 g/mol. The van der Waals surface area contributed by atoms with Gasteiger partial charge < -0.3 is 18.9 Å². The summed E-state index contributed by atoms with van der Waals surface area (Å²) < 4.78 is 21.6. The molecule has 0 aliphatic carbocycles. The first-order chi connectivity index (χ1) is 15.7. The zero-order chi connectivity index (χ0) is 24.1. The quantitative estimate of drug-likeness (QED) is 0.155. The molecular formula is C22H19IN2O8. The zero-order valence-corrected chi connectivity index (χ0v) is 20.1. The highest BCUT2D eigenvalue weighted by Gasteiger charge is 2.26. The SMILES string of the molecule is CCOC(=O)COc1c(I)cc(/C=C2\N=C(c3ccc(C)c([N+](=O)[O-])c3)OC2=O)cc1OC. The van der Waals surface area contributed by atoms with Gasteiger partial charge in [0.25, 0.3) is 5.69 Å². The lowest BCUT2D eigenvalue weighted by Crippen LogP contribution is -2.15. The van der Waals surface area contributed by atoms with Crippen LogP contribution >= 0.6 is 22.6 Å². The number of aryl methyl sites for hydroxylation is 1. The molecule has 0 spiro atoms. The van der Waals surface area contributed by atoms with Crippen molar-refractivity contribution < 1.29 is 33.5 Å². The summed E-state index contributed by atoms with van der Waals surface area (Å²) in [6.07, 6.45) is 1.50. The minimum atomic E-state index is -0.690. The summed E-state index contributed by atoms with van der Waals surface area (Å²) in [5.41, 5.74) is 1.30. The van der Waals surface area contributed by atoms with Gasteiger partial charge in [0.15, 0.2) is 23.8 Å². The van der Waals surface area contributed by atoms with Crippen molar-refractivity contribution in [3.63, 3.8) is 0 Å². The van der Waals surface area contributed by atoms with E-state index in [1.165, 1.54) is 19.3 Å². The van der Waals surface area contributed by atoms with Gasteiger partial charge in [0.1, 0.15) is 0 Å². The smallest absolute Gasteiger partial charge is 0.363 e. The minimum Gasteiger partial charge on any atom is -0.493 e. The molecule has 0 saturated heterocycles. The number of hydrogen-bond acceptors (Lipinski definition) is 9. The van der Waals surface area contributed by atoms with Crippen molar-refractivity contribution >= 4 is 52.2 Å². The molecule has 172 valence electrons. The first-order valence-electron chi connectivity index (χ1n) is 9.67. The Morgan fingerprint density at radius 2 is 2.06 bits per heavy atom. The topological polar surface area (TPSA) is 127 Å². The average Bonchev–Trinajstić information content (AvgIpc) is 3.13. The van der Waals surface area contributed by atoms with Crippen LogP contribution in [-0.4, -0.2) is 43.1 Å².